The number of benzene rings is 1. The van der Waals surface area contributed by atoms with Gasteiger partial charge in [-0.2, -0.15) is 0 Å². The summed E-state index contributed by atoms with van der Waals surface area (Å²) in [6.07, 6.45) is 2.69. The van der Waals surface area contributed by atoms with Crippen LogP contribution >= 0.6 is 23.4 Å². The second-order valence-corrected chi connectivity index (χ2v) is 19.6. The molecule has 3 rings (SSSR count). The van der Waals surface area contributed by atoms with Crippen LogP contribution in [0.5, 0.6) is 11.5 Å². The summed E-state index contributed by atoms with van der Waals surface area (Å²) >= 11 is 0. The Labute approximate surface area is 393 Å². The fourth-order valence-electron chi connectivity index (χ4n) is 5.21. The van der Waals surface area contributed by atoms with Crippen LogP contribution in [0.15, 0.2) is 18.2 Å². The summed E-state index contributed by atoms with van der Waals surface area (Å²) in [6.45, 7) is 11.8. The molecular weight excluding hydrogens is 953 g/mol. The van der Waals surface area contributed by atoms with Crippen molar-refractivity contribution < 1.29 is 104 Å². The molecule has 24 nitrogen and oxygen atoms in total. The number of hydrogen-bond donors (Lipinski definition) is 3. The van der Waals surface area contributed by atoms with Crippen molar-refractivity contribution in [2.45, 2.75) is 101 Å². The second-order valence-electron chi connectivity index (χ2n) is 15.2. The van der Waals surface area contributed by atoms with E-state index in [-0.39, 0.29) is 86.9 Å². The molecule has 2 heterocycles. The number of piperidine rings is 1. The normalized spacial score (nSPS) is 17.2. The maximum absolute atomic E-state index is 12.0. The van der Waals surface area contributed by atoms with Crippen LogP contribution in [0.25, 0.3) is 0 Å². The molecule has 0 aromatic heterocycles. The number of amides is 2. The highest BCUT2D eigenvalue weighted by atomic mass is 31.2. The van der Waals surface area contributed by atoms with E-state index in [0.29, 0.717) is 25.9 Å². The van der Waals surface area contributed by atoms with Gasteiger partial charge in [0.2, 0.25) is 26.1 Å². The predicted octanol–water partition coefficient (Wildman–Crippen LogP) is 6.85. The highest BCUT2D eigenvalue weighted by Gasteiger charge is 2.32. The van der Waals surface area contributed by atoms with Crippen LogP contribution in [0.2, 0.25) is 0 Å². The Morgan fingerprint density at radius 3 is 1.51 bits per heavy atom. The van der Waals surface area contributed by atoms with Gasteiger partial charge in [-0.05, 0) is 50.3 Å². The van der Waals surface area contributed by atoms with Crippen LogP contribution in [0, 0.1) is 17.8 Å². The molecule has 0 radical (unpaired) electrons. The number of hydrogen-bond acceptors (Lipinski definition) is 19. The molecule has 67 heavy (non-hydrogen) atoms. The maximum atomic E-state index is 12.0. The van der Waals surface area contributed by atoms with Crippen LogP contribution in [-0.4, -0.2) is 140 Å². The third-order valence-electron chi connectivity index (χ3n) is 8.64. The zero-order valence-electron chi connectivity index (χ0n) is 37.9. The van der Waals surface area contributed by atoms with Crippen molar-refractivity contribution in [1.82, 2.24) is 9.80 Å². The lowest BCUT2D eigenvalue weighted by Crippen LogP contribution is -2.47. The molecule has 2 amide bonds. The third-order valence-corrected chi connectivity index (χ3v) is 10.2. The Hall–Kier alpha value is -4.40. The van der Waals surface area contributed by atoms with E-state index in [4.69, 9.17) is 47.8 Å². The molecular formula is C40H70N2O22P3+. The van der Waals surface area contributed by atoms with Crippen molar-refractivity contribution in [3.8, 4) is 11.5 Å². The number of nitrogens with zero attached hydrogens (tertiary/aromatic N) is 2. The first-order valence-electron chi connectivity index (χ1n) is 20.2. The monoisotopic (exact) mass is 1020 g/mol. The zero-order valence-corrected chi connectivity index (χ0v) is 40.6. The molecule has 5 atom stereocenters. The molecule has 0 aliphatic carbocycles. The van der Waals surface area contributed by atoms with Gasteiger partial charge in [-0.3, -0.25) is 32.6 Å². The fourth-order valence-corrected chi connectivity index (χ4v) is 6.03. The van der Waals surface area contributed by atoms with E-state index in [1.165, 1.54) is 35.1 Å². The summed E-state index contributed by atoms with van der Waals surface area (Å²) < 4.78 is 80.5. The standard InChI is InChI=1S/C13H24NO7P.C13H15O8P.C12H22NO7P.2CH4/c1-10(2)12(15)19-8-11-6-4-5-7-14(11)13(16)20-9-21-22(3,17)18;1-8(2)12(14)19-7-20-13(15)9-4-5-10(21-22(16)17)11(6-9)18-3;1-9(2)11(14)18-7-10-5-4-6-13(10)12(15)19-8-20-21(3,16)17;;/h10-11H,4-9H2,1-3H3,(H,17,18);4-6,8H,7H2,1-3H3;9-10H,4-8H2,1-3H3,(H,16,17);2*1H4/p+1. The lowest BCUT2D eigenvalue weighted by molar-refractivity contribution is -0.156. The molecule has 386 valence electrons. The van der Waals surface area contributed by atoms with Gasteiger partial charge in [-0.15, -0.1) is 4.89 Å². The minimum Gasteiger partial charge on any atom is -0.493 e. The van der Waals surface area contributed by atoms with Crippen LogP contribution in [0.1, 0.15) is 98.9 Å². The number of ether oxygens (including phenoxy) is 7. The molecule has 27 heteroatoms. The van der Waals surface area contributed by atoms with Crippen LogP contribution < -0.4 is 9.26 Å². The number of methoxy groups -OCH3 is 1. The van der Waals surface area contributed by atoms with E-state index in [2.05, 4.69) is 13.6 Å². The van der Waals surface area contributed by atoms with Crippen LogP contribution in [-0.2, 0) is 65.5 Å². The van der Waals surface area contributed by atoms with Gasteiger partial charge in [0.05, 0.1) is 42.5 Å². The van der Waals surface area contributed by atoms with Crippen molar-refractivity contribution in [3.05, 3.63) is 23.8 Å². The fraction of sp³-hybridized carbons (Fsp3) is 0.700. The summed E-state index contributed by atoms with van der Waals surface area (Å²) in [5.74, 6) is -2.52. The van der Waals surface area contributed by atoms with Crippen LogP contribution in [0.4, 0.5) is 9.59 Å². The van der Waals surface area contributed by atoms with Crippen molar-refractivity contribution in [2.75, 3.05) is 67.1 Å². The molecule has 2 aliphatic rings. The summed E-state index contributed by atoms with van der Waals surface area (Å²) in [4.78, 5) is 99.2. The first-order valence-corrected chi connectivity index (χ1v) is 25.4. The minimum atomic E-state index is -3.68. The lowest BCUT2D eigenvalue weighted by Gasteiger charge is -2.34. The molecule has 2 fully saturated rings. The largest absolute Gasteiger partial charge is 0.747 e. The Balaban J connectivity index is 0. The predicted molar refractivity (Wildman–Crippen MR) is 240 cm³/mol. The average molecular weight is 1020 g/mol. The first-order chi connectivity index (χ1) is 30.3. The molecule has 0 bridgehead atoms. The van der Waals surface area contributed by atoms with Crippen molar-refractivity contribution in [1.29, 1.82) is 0 Å². The number of esters is 4. The first kappa shape index (κ1) is 64.7. The van der Waals surface area contributed by atoms with Crippen molar-refractivity contribution >= 4 is 59.5 Å². The second kappa shape index (κ2) is 32.4. The molecule has 1 aromatic carbocycles. The maximum Gasteiger partial charge on any atom is 0.747 e. The summed E-state index contributed by atoms with van der Waals surface area (Å²) in [5.41, 5.74) is 0.109. The van der Waals surface area contributed by atoms with Gasteiger partial charge < -0.3 is 52.7 Å². The SMILES string of the molecule is C.C.CC(C)C(=O)OCC1CCCCN1C(=O)OCOP(C)(=O)O.CC(C)C(=O)OCC1CCCN1C(=O)OCOP(C)(=O)O.COc1cc(C(=O)OCOC(=O)C(C)C)ccc1O[P+](=O)O. The molecule has 5 unspecified atom stereocenters. The van der Waals surface area contributed by atoms with E-state index in [1.807, 2.05) is 0 Å². The Kier molecular flexibility index (Phi) is 31.2. The van der Waals surface area contributed by atoms with Gasteiger partial charge in [0, 0.05) is 31.0 Å². The number of carbonyl (C=O) groups excluding carboxylic acids is 6. The summed E-state index contributed by atoms with van der Waals surface area (Å²) in [6, 6.07) is 3.41. The lowest BCUT2D eigenvalue weighted by atomic mass is 10.0. The highest BCUT2D eigenvalue weighted by Crippen LogP contribution is 2.37. The quantitative estimate of drug-likeness (QED) is 0.0552. The molecule has 2 aliphatic heterocycles. The summed E-state index contributed by atoms with van der Waals surface area (Å²) in [5, 5.41) is 0. The number of carbonyl (C=O) groups is 6. The van der Waals surface area contributed by atoms with Gasteiger partial charge in [0.1, 0.15) is 13.2 Å². The molecule has 2 saturated heterocycles. The summed E-state index contributed by atoms with van der Waals surface area (Å²) in [7, 11) is -8.89. The van der Waals surface area contributed by atoms with Crippen LogP contribution in [0.3, 0.4) is 0 Å². The smallest absolute Gasteiger partial charge is 0.493 e. The third kappa shape index (κ3) is 27.3. The zero-order chi connectivity index (χ0) is 49.5. The molecule has 0 spiro atoms. The molecule has 1 aromatic rings. The van der Waals surface area contributed by atoms with Gasteiger partial charge in [-0.25, -0.2) is 18.9 Å². The van der Waals surface area contributed by atoms with E-state index in [0.717, 1.165) is 32.6 Å². The van der Waals surface area contributed by atoms with E-state index < -0.39 is 68.0 Å². The number of likely N-dealkylation sites (tertiary alicyclic amines) is 2. The van der Waals surface area contributed by atoms with Gasteiger partial charge in [-0.1, -0.05) is 56.4 Å². The van der Waals surface area contributed by atoms with E-state index >= 15 is 0 Å². The Morgan fingerprint density at radius 2 is 1.09 bits per heavy atom. The Morgan fingerprint density at radius 1 is 0.657 bits per heavy atom. The average Bonchev–Trinajstić information content (AvgIpc) is 3.70. The minimum absolute atomic E-state index is 0. The van der Waals surface area contributed by atoms with E-state index in [9.17, 15) is 42.5 Å². The topological polar surface area (TPSA) is 313 Å². The van der Waals surface area contributed by atoms with Crippen molar-refractivity contribution in [3.63, 3.8) is 0 Å². The number of rotatable bonds is 19. The molecule has 3 N–H and O–H groups in total. The van der Waals surface area contributed by atoms with E-state index in [1.54, 1.807) is 41.5 Å². The Bertz CT molecular complexity index is 1830. The highest BCUT2D eigenvalue weighted by molar-refractivity contribution is 7.52. The van der Waals surface area contributed by atoms with Gasteiger partial charge in [0.25, 0.3) is 0 Å². The van der Waals surface area contributed by atoms with Gasteiger partial charge >= 0.3 is 59.5 Å². The van der Waals surface area contributed by atoms with Gasteiger partial charge in [0.15, 0.2) is 5.75 Å². The molecule has 0 saturated carbocycles. The van der Waals surface area contributed by atoms with Crippen molar-refractivity contribution in [2.24, 2.45) is 17.8 Å².